The minimum absolute atomic E-state index is 0. The first kappa shape index (κ1) is 17.7. The van der Waals surface area contributed by atoms with Gasteiger partial charge in [0.1, 0.15) is 10.7 Å². The minimum atomic E-state index is -3.68. The van der Waals surface area contributed by atoms with E-state index in [0.29, 0.717) is 25.9 Å². The monoisotopic (exact) mass is 342 g/mol. The smallest absolute Gasteiger partial charge is 0.244 e. The highest BCUT2D eigenvalue weighted by atomic mass is 35.5. The molecule has 1 saturated heterocycles. The Morgan fingerprint density at radius 3 is 2.45 bits per heavy atom. The fraction of sp³-hybridized carbons (Fsp3) is 0.500. The van der Waals surface area contributed by atoms with Crippen LogP contribution in [0.25, 0.3) is 0 Å². The van der Waals surface area contributed by atoms with Crippen molar-refractivity contribution in [1.82, 2.24) is 4.31 Å². The normalized spacial score (nSPS) is 17.8. The molecule has 8 heteroatoms. The van der Waals surface area contributed by atoms with Crippen molar-refractivity contribution >= 4 is 34.0 Å². The summed E-state index contributed by atoms with van der Waals surface area (Å²) in [6.45, 7) is 2.25. The molecule has 1 aromatic rings. The van der Waals surface area contributed by atoms with Gasteiger partial charge in [-0.25, -0.2) is 12.8 Å². The second kappa shape index (κ2) is 6.58. The molecule has 0 saturated carbocycles. The molecule has 114 valence electrons. The zero-order valence-electron chi connectivity index (χ0n) is 11.0. The van der Waals surface area contributed by atoms with Crippen LogP contribution < -0.4 is 5.73 Å². The molecule has 0 unspecified atom stereocenters. The highest BCUT2D eigenvalue weighted by Crippen LogP contribution is 2.28. The molecule has 4 nitrogen and oxygen atoms in total. The third kappa shape index (κ3) is 3.43. The van der Waals surface area contributed by atoms with E-state index < -0.39 is 15.8 Å². The molecule has 0 atom stereocenters. The van der Waals surface area contributed by atoms with Crippen LogP contribution in [-0.2, 0) is 10.0 Å². The van der Waals surface area contributed by atoms with E-state index in [1.165, 1.54) is 17.3 Å². The molecule has 0 bridgehead atoms. The Kier molecular flexibility index (Phi) is 5.80. The van der Waals surface area contributed by atoms with Crippen LogP contribution in [0.5, 0.6) is 0 Å². The lowest BCUT2D eigenvalue weighted by molar-refractivity contribution is 0.320. The Labute approximate surface area is 129 Å². The summed E-state index contributed by atoms with van der Waals surface area (Å²) in [4.78, 5) is -0.0384. The van der Waals surface area contributed by atoms with Gasteiger partial charge in [-0.15, -0.1) is 12.4 Å². The van der Waals surface area contributed by atoms with Gasteiger partial charge in [0.05, 0.1) is 5.02 Å². The molecule has 0 spiro atoms. The summed E-state index contributed by atoms with van der Waals surface area (Å²) in [5, 5.41) is -0.0852. The number of sulfonamides is 1. The molecule has 2 N–H and O–H groups in total. The molecule has 0 aliphatic carbocycles. The molecule has 2 rings (SSSR count). The van der Waals surface area contributed by atoms with Crippen LogP contribution in [0.2, 0.25) is 5.02 Å². The Morgan fingerprint density at radius 2 is 1.90 bits per heavy atom. The highest BCUT2D eigenvalue weighted by Gasteiger charge is 2.30. The lowest BCUT2D eigenvalue weighted by Crippen LogP contribution is -2.42. The fourth-order valence-electron chi connectivity index (χ4n) is 2.08. The minimum Gasteiger partial charge on any atom is -0.328 e. The van der Waals surface area contributed by atoms with Crippen LogP contribution in [0.1, 0.15) is 18.4 Å². The molecular formula is C12H17Cl2FN2O2S. The van der Waals surface area contributed by atoms with Crippen molar-refractivity contribution in [3.05, 3.63) is 28.5 Å². The zero-order chi connectivity index (χ0) is 14.2. The maximum Gasteiger partial charge on any atom is 0.244 e. The molecule has 1 aromatic carbocycles. The first-order valence-electron chi connectivity index (χ1n) is 6.03. The topological polar surface area (TPSA) is 63.4 Å². The molecule has 20 heavy (non-hydrogen) atoms. The molecule has 1 aliphatic rings. The number of nitrogens with zero attached hydrogens (tertiary/aromatic N) is 1. The third-order valence-corrected chi connectivity index (χ3v) is 5.69. The standard InChI is InChI=1S/C12H16ClFN2O2S.ClH/c1-8-6-12(10(13)7-11(8)14)19(17,18)16-4-2-9(15)3-5-16;/h6-7,9H,2-5,15H2,1H3;1H. The van der Waals surface area contributed by atoms with Crippen LogP contribution in [0.3, 0.4) is 0 Å². The summed E-state index contributed by atoms with van der Waals surface area (Å²) < 4.78 is 39.6. The second-order valence-electron chi connectivity index (χ2n) is 4.77. The first-order chi connectivity index (χ1) is 8.82. The molecule has 1 aliphatic heterocycles. The molecule has 0 aromatic heterocycles. The van der Waals surface area contributed by atoms with Crippen molar-refractivity contribution in [2.75, 3.05) is 13.1 Å². The van der Waals surface area contributed by atoms with Gasteiger partial charge >= 0.3 is 0 Å². The molecule has 1 heterocycles. The highest BCUT2D eigenvalue weighted by molar-refractivity contribution is 7.89. The lowest BCUT2D eigenvalue weighted by atomic mass is 10.1. The summed E-state index contributed by atoms with van der Waals surface area (Å²) in [6, 6.07) is 2.36. The Morgan fingerprint density at radius 1 is 1.35 bits per heavy atom. The summed E-state index contributed by atoms with van der Waals surface area (Å²) >= 11 is 5.86. The number of halogens is 3. The molecule has 1 fully saturated rings. The van der Waals surface area contributed by atoms with Crippen LogP contribution in [0.15, 0.2) is 17.0 Å². The quantitative estimate of drug-likeness (QED) is 0.896. The van der Waals surface area contributed by atoms with E-state index in [1.54, 1.807) is 0 Å². The van der Waals surface area contributed by atoms with Gasteiger partial charge in [-0.2, -0.15) is 4.31 Å². The van der Waals surface area contributed by atoms with E-state index in [0.717, 1.165) is 6.07 Å². The number of hydrogen-bond acceptors (Lipinski definition) is 3. The summed E-state index contributed by atoms with van der Waals surface area (Å²) in [5.41, 5.74) is 6.02. The van der Waals surface area contributed by atoms with Gasteiger partial charge in [0, 0.05) is 19.1 Å². The summed E-state index contributed by atoms with van der Waals surface area (Å²) in [7, 11) is -3.68. The van der Waals surface area contributed by atoms with E-state index in [1.807, 2.05) is 0 Å². The van der Waals surface area contributed by atoms with Crippen molar-refractivity contribution in [1.29, 1.82) is 0 Å². The molecule has 0 amide bonds. The van der Waals surface area contributed by atoms with E-state index >= 15 is 0 Å². The maximum atomic E-state index is 13.3. The van der Waals surface area contributed by atoms with E-state index in [9.17, 15) is 12.8 Å². The first-order valence-corrected chi connectivity index (χ1v) is 7.85. The predicted octanol–water partition coefficient (Wildman–Crippen LogP) is 2.32. The SMILES string of the molecule is Cc1cc(S(=O)(=O)N2CCC(N)CC2)c(Cl)cc1F.Cl. The molecular weight excluding hydrogens is 326 g/mol. The van der Waals surface area contributed by atoms with Crippen molar-refractivity contribution in [2.24, 2.45) is 5.73 Å². The van der Waals surface area contributed by atoms with Gasteiger partial charge in [0.2, 0.25) is 10.0 Å². The number of aryl methyl sites for hydroxylation is 1. The number of rotatable bonds is 2. The van der Waals surface area contributed by atoms with Crippen molar-refractivity contribution in [3.63, 3.8) is 0 Å². The van der Waals surface area contributed by atoms with Gasteiger partial charge in [-0.1, -0.05) is 11.6 Å². The van der Waals surface area contributed by atoms with Crippen LogP contribution >= 0.6 is 24.0 Å². The van der Waals surface area contributed by atoms with Gasteiger partial charge in [-0.05, 0) is 37.5 Å². The van der Waals surface area contributed by atoms with Gasteiger partial charge in [0.25, 0.3) is 0 Å². The van der Waals surface area contributed by atoms with Crippen LogP contribution in [0.4, 0.5) is 4.39 Å². The fourth-order valence-corrected chi connectivity index (χ4v) is 4.13. The Bertz CT molecular complexity index is 587. The average Bonchev–Trinajstić information content (AvgIpc) is 2.34. The van der Waals surface area contributed by atoms with Crippen LogP contribution in [-0.4, -0.2) is 31.9 Å². The van der Waals surface area contributed by atoms with Gasteiger partial charge < -0.3 is 5.73 Å². The van der Waals surface area contributed by atoms with Crippen molar-refractivity contribution in [3.8, 4) is 0 Å². The Hall–Kier alpha value is -0.400. The van der Waals surface area contributed by atoms with Crippen LogP contribution in [0, 0.1) is 12.7 Å². The molecule has 0 radical (unpaired) electrons. The number of piperidine rings is 1. The number of benzene rings is 1. The zero-order valence-corrected chi connectivity index (χ0v) is 13.4. The predicted molar refractivity (Wildman–Crippen MR) is 79.4 cm³/mol. The van der Waals surface area contributed by atoms with E-state index in [4.69, 9.17) is 17.3 Å². The maximum absolute atomic E-state index is 13.3. The lowest BCUT2D eigenvalue weighted by Gasteiger charge is -2.29. The van der Waals surface area contributed by atoms with Crippen molar-refractivity contribution < 1.29 is 12.8 Å². The largest absolute Gasteiger partial charge is 0.328 e. The summed E-state index contributed by atoms with van der Waals surface area (Å²) in [6.07, 6.45) is 1.24. The van der Waals surface area contributed by atoms with E-state index in [-0.39, 0.29) is 33.9 Å². The average molecular weight is 343 g/mol. The van der Waals surface area contributed by atoms with Gasteiger partial charge in [0.15, 0.2) is 0 Å². The second-order valence-corrected chi connectivity index (χ2v) is 7.09. The van der Waals surface area contributed by atoms with E-state index in [2.05, 4.69) is 0 Å². The number of hydrogen-bond donors (Lipinski definition) is 1. The third-order valence-electron chi connectivity index (χ3n) is 3.33. The summed E-state index contributed by atoms with van der Waals surface area (Å²) in [5.74, 6) is -0.510. The van der Waals surface area contributed by atoms with Gasteiger partial charge in [-0.3, -0.25) is 0 Å². The number of nitrogens with two attached hydrogens (primary N) is 1. The Balaban J connectivity index is 0.00000200. The van der Waals surface area contributed by atoms with Crippen molar-refractivity contribution in [2.45, 2.75) is 30.7 Å².